The SMILES string of the molecule is [C-]#[N+]c1cc(-c2nc(-c3ccccc3)nc(-c3ccccc3)n2)cc(C#N)c1-n1c2ccccc2c2c3c(ccc21)C1(c2ccccc2Sc2ccccc21)c1ccccc1-3.[C-]#[N+]c1cc(-c2nc(-c3ccccc3)nc(-c3ccccc3)n2)cc(C#N)c1-n1c2ccccc2c2ccc3c(c21)-c1ccccc1C31c2ccccc2Sc2ccccc21. The van der Waals surface area contributed by atoms with E-state index < -0.39 is 10.8 Å². The Morgan fingerprint density at radius 3 is 1.02 bits per heavy atom. The summed E-state index contributed by atoms with van der Waals surface area (Å²) < 4.78 is 4.29. The van der Waals surface area contributed by atoms with Gasteiger partial charge < -0.3 is 9.13 Å². The van der Waals surface area contributed by atoms with Crippen LogP contribution in [0.5, 0.6) is 0 Å². The Morgan fingerprint density at radius 2 is 0.607 bits per heavy atom. The molecule has 16 aromatic carbocycles. The van der Waals surface area contributed by atoms with E-state index in [1.165, 1.54) is 75.2 Å². The molecule has 0 bridgehead atoms. The Balaban J connectivity index is 0.000000142. The van der Waals surface area contributed by atoms with Gasteiger partial charge >= 0.3 is 0 Å². The van der Waals surface area contributed by atoms with Gasteiger partial charge in [0.15, 0.2) is 34.9 Å². The van der Waals surface area contributed by atoms with Crippen LogP contribution in [-0.2, 0) is 10.8 Å². The molecule has 564 valence electrons. The van der Waals surface area contributed by atoms with Crippen molar-refractivity contribution in [2.24, 2.45) is 0 Å². The molecule has 14 heteroatoms. The van der Waals surface area contributed by atoms with Crippen LogP contribution in [0.4, 0.5) is 11.4 Å². The molecule has 0 unspecified atom stereocenters. The maximum Gasteiger partial charge on any atom is 0.212 e. The first kappa shape index (κ1) is 71.1. The molecule has 0 radical (unpaired) electrons. The van der Waals surface area contributed by atoms with E-state index in [2.05, 4.69) is 237 Å². The van der Waals surface area contributed by atoms with E-state index in [9.17, 15) is 10.5 Å². The van der Waals surface area contributed by atoms with Crippen LogP contribution in [0.3, 0.4) is 0 Å². The van der Waals surface area contributed by atoms with Crippen LogP contribution in [0.1, 0.15) is 55.6 Å². The van der Waals surface area contributed by atoms with Crippen molar-refractivity contribution in [3.63, 3.8) is 0 Å². The van der Waals surface area contributed by atoms with Gasteiger partial charge in [-0.2, -0.15) is 10.5 Å². The average molecular weight is 1590 g/mol. The number of fused-ring (bicyclic) bond motifs is 26. The highest BCUT2D eigenvalue weighted by molar-refractivity contribution is 7.99. The lowest BCUT2D eigenvalue weighted by Crippen LogP contribution is -2.31. The summed E-state index contributed by atoms with van der Waals surface area (Å²) in [5.41, 5.74) is 24.0. The third kappa shape index (κ3) is 10.6. The number of rotatable bonds is 8. The number of aromatic nitrogens is 8. The Kier molecular flexibility index (Phi) is 16.5. The minimum atomic E-state index is -0.587. The van der Waals surface area contributed by atoms with E-state index in [0.717, 1.165) is 77.0 Å². The molecule has 2 aliphatic heterocycles. The van der Waals surface area contributed by atoms with Crippen LogP contribution in [0.2, 0.25) is 0 Å². The molecule has 0 N–H and O–H groups in total. The summed E-state index contributed by atoms with van der Waals surface area (Å²) in [5, 5.41) is 26.4. The van der Waals surface area contributed by atoms with Gasteiger partial charge in [-0.3, -0.25) is 0 Å². The van der Waals surface area contributed by atoms with Crippen LogP contribution < -0.4 is 0 Å². The predicted octanol–water partition coefficient (Wildman–Crippen LogP) is 26.4. The van der Waals surface area contributed by atoms with Crippen LogP contribution in [-0.4, -0.2) is 39.0 Å². The lowest BCUT2D eigenvalue weighted by molar-refractivity contribution is 0.723. The van der Waals surface area contributed by atoms with E-state index in [1.54, 1.807) is 0 Å². The molecular weight excluding hydrogens is 1530 g/mol. The molecule has 20 aromatic rings. The molecule has 0 fully saturated rings. The van der Waals surface area contributed by atoms with Crippen molar-refractivity contribution in [3.05, 3.63) is 442 Å². The van der Waals surface area contributed by atoms with E-state index in [0.29, 0.717) is 79.9 Å². The third-order valence-corrected chi connectivity index (χ3v) is 26.6. The van der Waals surface area contributed by atoms with Gasteiger partial charge in [-0.25, -0.2) is 39.6 Å². The van der Waals surface area contributed by atoms with Gasteiger partial charge in [-0.05, 0) is 128 Å². The smallest absolute Gasteiger partial charge is 0.212 e. The predicted molar refractivity (Wildman–Crippen MR) is 486 cm³/mol. The van der Waals surface area contributed by atoms with Gasteiger partial charge in [0.05, 0.1) is 80.7 Å². The molecule has 12 nitrogen and oxygen atoms in total. The molecule has 0 saturated carbocycles. The maximum absolute atomic E-state index is 11.2. The highest BCUT2D eigenvalue weighted by Crippen LogP contribution is 2.66. The summed E-state index contributed by atoms with van der Waals surface area (Å²) in [6.07, 6.45) is 0. The maximum atomic E-state index is 11.2. The topological polar surface area (TPSA) is 144 Å². The fourth-order valence-corrected chi connectivity index (χ4v) is 21.8. The van der Waals surface area contributed by atoms with E-state index in [4.69, 9.17) is 43.0 Å². The summed E-state index contributed by atoms with van der Waals surface area (Å²) in [7, 11) is 0. The molecule has 24 rings (SSSR count). The number of hydrogen-bond donors (Lipinski definition) is 0. The second kappa shape index (κ2) is 28.3. The Bertz CT molecular complexity index is 7740. The Labute approximate surface area is 710 Å². The van der Waals surface area contributed by atoms with Gasteiger partial charge in [-0.1, -0.05) is 321 Å². The quantitative estimate of drug-likeness (QED) is 0.135. The largest absolute Gasteiger partial charge is 0.318 e. The van der Waals surface area contributed by atoms with Crippen molar-refractivity contribution in [2.75, 3.05) is 0 Å². The molecule has 4 aliphatic rings. The molecule has 0 amide bonds. The van der Waals surface area contributed by atoms with Crippen molar-refractivity contribution in [2.45, 2.75) is 30.4 Å². The normalized spacial score (nSPS) is 13.0. The first-order valence-electron chi connectivity index (χ1n) is 40.1. The zero-order chi connectivity index (χ0) is 81.3. The monoisotopic (exact) mass is 1590 g/mol. The first-order chi connectivity index (χ1) is 60.3. The van der Waals surface area contributed by atoms with E-state index in [1.807, 2.05) is 181 Å². The second-order valence-corrected chi connectivity index (χ2v) is 32.7. The summed E-state index contributed by atoms with van der Waals surface area (Å²) >= 11 is 3.65. The van der Waals surface area contributed by atoms with Crippen LogP contribution in [0.25, 0.3) is 155 Å². The fraction of sp³-hybridized carbons (Fsp3) is 0.0185. The number of para-hydroxylation sites is 2. The Hall–Kier alpha value is -16.2. The van der Waals surface area contributed by atoms with Crippen LogP contribution in [0, 0.1) is 35.8 Å². The minimum absolute atomic E-state index is 0.322. The van der Waals surface area contributed by atoms with Crippen molar-refractivity contribution >= 4 is 78.5 Å². The highest BCUT2D eigenvalue weighted by atomic mass is 32.2. The summed E-state index contributed by atoms with van der Waals surface area (Å²) in [6, 6.07) is 130. The minimum Gasteiger partial charge on any atom is -0.318 e. The van der Waals surface area contributed by atoms with Gasteiger partial charge in [0.1, 0.15) is 0 Å². The van der Waals surface area contributed by atoms with Crippen molar-refractivity contribution in [1.29, 1.82) is 10.5 Å². The molecule has 0 atom stereocenters. The third-order valence-electron chi connectivity index (χ3n) is 24.3. The van der Waals surface area contributed by atoms with Crippen molar-refractivity contribution in [1.82, 2.24) is 39.0 Å². The van der Waals surface area contributed by atoms with Crippen LogP contribution in [0.15, 0.2) is 384 Å². The molecule has 2 spiro atoms. The molecule has 2 aliphatic carbocycles. The second-order valence-electron chi connectivity index (χ2n) is 30.6. The van der Waals surface area contributed by atoms with Crippen molar-refractivity contribution < 1.29 is 0 Å². The molecule has 4 aromatic heterocycles. The molecule has 122 heavy (non-hydrogen) atoms. The Morgan fingerprint density at radius 1 is 0.279 bits per heavy atom. The number of nitriles is 2. The number of nitrogens with zero attached hydrogens (tertiary/aromatic N) is 12. The number of hydrogen-bond acceptors (Lipinski definition) is 10. The summed E-state index contributed by atoms with van der Waals surface area (Å²) in [6.45, 7) is 17.3. The van der Waals surface area contributed by atoms with E-state index >= 15 is 0 Å². The average Bonchev–Trinajstić information content (AvgIpc) is 1.51. The van der Waals surface area contributed by atoms with E-state index in [-0.39, 0.29) is 0 Å². The molecule has 6 heterocycles. The van der Waals surface area contributed by atoms with Gasteiger partial charge in [0.25, 0.3) is 0 Å². The molecule has 0 saturated heterocycles. The van der Waals surface area contributed by atoms with Gasteiger partial charge in [0.2, 0.25) is 11.4 Å². The summed E-state index contributed by atoms with van der Waals surface area (Å²) in [4.78, 5) is 42.8. The first-order valence-corrected chi connectivity index (χ1v) is 41.7. The zero-order valence-corrected chi connectivity index (χ0v) is 66.5. The lowest BCUT2D eigenvalue weighted by Gasteiger charge is -2.39. The lowest BCUT2D eigenvalue weighted by atomic mass is 9.67. The van der Waals surface area contributed by atoms with Gasteiger partial charge in [-0.15, -0.1) is 0 Å². The number of benzene rings is 16. The fourth-order valence-electron chi connectivity index (χ4n) is 19.4. The van der Waals surface area contributed by atoms with Crippen molar-refractivity contribution in [3.8, 4) is 114 Å². The molecular formula is C108H60N12S2. The summed E-state index contributed by atoms with van der Waals surface area (Å²) in [5.74, 6) is 2.79. The zero-order valence-electron chi connectivity index (χ0n) is 64.8. The van der Waals surface area contributed by atoms with Crippen LogP contribution >= 0.6 is 23.5 Å². The standard InChI is InChI=1S/2C54H30N6S/c1-56-44-31-35(53-58-51(33-16-4-2-5-17-33)57-52(59-53)34-18-6-3-7-19-34)30-36(32-55)49(44)60-45-25-13-9-20-37(45)38-28-29-43-48(50(38)60)39-21-8-10-22-40(39)54(43)41-23-11-14-26-46(41)61-47-27-15-12-24-42(47)54;1-56-43-31-35(53-58-51(33-16-4-2-5-17-33)57-52(59-53)34-18-6-3-7-19-34)30-36(32-55)50(43)60-44-25-13-9-21-38(44)49-45(60)29-28-42-48(49)37-20-8-10-22-39(37)54(42)40-23-11-14-26-46(40)61-47-27-15-12-24-41(47)54/h2*2-31H. The highest BCUT2D eigenvalue weighted by Gasteiger charge is 2.53. The van der Waals surface area contributed by atoms with Gasteiger partial charge in [0, 0.05) is 80.1 Å².